The van der Waals surface area contributed by atoms with Crippen molar-refractivity contribution in [2.24, 2.45) is 17.3 Å². The monoisotopic (exact) mass is 726 g/mol. The fourth-order valence-electron chi connectivity index (χ4n) is 8.54. The summed E-state index contributed by atoms with van der Waals surface area (Å²) in [6.07, 6.45) is 11.4. The van der Waals surface area contributed by atoms with Gasteiger partial charge < -0.3 is 26.1 Å². The first-order valence-electron chi connectivity index (χ1n) is 19.2. The molecule has 4 fully saturated rings. The van der Waals surface area contributed by atoms with Crippen molar-refractivity contribution >= 4 is 41.0 Å². The molecule has 3 saturated carbocycles. The van der Waals surface area contributed by atoms with E-state index in [1.807, 2.05) is 27.7 Å². The van der Waals surface area contributed by atoms with Gasteiger partial charge in [-0.15, -0.1) is 5.06 Å². The Morgan fingerprint density at radius 3 is 2.38 bits per heavy atom. The van der Waals surface area contributed by atoms with Crippen LogP contribution in [0.25, 0.3) is 0 Å². The number of carbonyl (C=O) groups excluding carboxylic acids is 6. The van der Waals surface area contributed by atoms with E-state index in [0.717, 1.165) is 56.4 Å². The lowest BCUT2D eigenvalue weighted by molar-refractivity contribution is -1.03. The molecule has 0 aromatic carbocycles. The van der Waals surface area contributed by atoms with E-state index in [9.17, 15) is 34.0 Å². The van der Waals surface area contributed by atoms with E-state index in [2.05, 4.69) is 26.1 Å². The van der Waals surface area contributed by atoms with Crippen LogP contribution in [0, 0.1) is 22.5 Å². The summed E-state index contributed by atoms with van der Waals surface area (Å²) in [4.78, 5) is 90.2. The zero-order valence-electron chi connectivity index (χ0n) is 30.7. The first-order valence-corrected chi connectivity index (χ1v) is 19.2. The molecule has 0 spiro atoms. The number of amides is 5. The maximum Gasteiger partial charge on any atom is 0.307 e. The molecule has 3 unspecified atom stereocenters. The molecule has 3 heterocycles. The number of aromatic amines is 1. The fraction of sp³-hybridized carbons (Fsp3) is 0.750. The zero-order valence-corrected chi connectivity index (χ0v) is 30.7. The quantitative estimate of drug-likeness (QED) is 0.156. The molecule has 52 heavy (non-hydrogen) atoms. The van der Waals surface area contributed by atoms with Gasteiger partial charge in [0.25, 0.3) is 5.91 Å². The molecule has 1 aromatic heterocycles. The summed E-state index contributed by atoms with van der Waals surface area (Å²) in [6.45, 7) is 7.35. The first kappa shape index (κ1) is 37.9. The van der Waals surface area contributed by atoms with Crippen LogP contribution in [0.3, 0.4) is 0 Å². The Labute approximate surface area is 304 Å². The summed E-state index contributed by atoms with van der Waals surface area (Å²) in [6, 6.07) is -4.49. The highest BCUT2D eigenvalue weighted by Gasteiger charge is 2.52. The van der Waals surface area contributed by atoms with Crippen LogP contribution in [0.4, 0.5) is 5.69 Å². The predicted molar refractivity (Wildman–Crippen MR) is 186 cm³/mol. The van der Waals surface area contributed by atoms with Gasteiger partial charge in [0.05, 0.1) is 6.04 Å². The topological polar surface area (TPSA) is 210 Å². The van der Waals surface area contributed by atoms with E-state index in [-0.39, 0.29) is 41.7 Å². The third-order valence-corrected chi connectivity index (χ3v) is 11.5. The summed E-state index contributed by atoms with van der Waals surface area (Å²) < 4.78 is 0. The SMILES string of the molecule is CCC[C@H](NC(=O)[C@@H]1CC2CCCCC2N1C(=O)[C@@H](NC(=O)[C@H](C1CCCCC1)N1O[NH+]([O-])c2cn[nH]c2C1=O)C(C)(C)C)C(=O)C(=O)NC1CC1. The summed E-state index contributed by atoms with van der Waals surface area (Å²) in [5.74, 6) is -3.91. The number of nitrogens with zero attached hydrogens (tertiary/aromatic N) is 3. The van der Waals surface area contributed by atoms with Crippen LogP contribution in [0.1, 0.15) is 128 Å². The minimum absolute atomic E-state index is 0.00853. The van der Waals surface area contributed by atoms with Crippen molar-refractivity contribution in [3.05, 3.63) is 17.1 Å². The van der Waals surface area contributed by atoms with E-state index >= 15 is 0 Å². The van der Waals surface area contributed by atoms with Crippen molar-refractivity contribution in [2.45, 2.75) is 154 Å². The second kappa shape index (κ2) is 15.6. The molecule has 16 nitrogen and oxygen atoms in total. The van der Waals surface area contributed by atoms with Crippen molar-refractivity contribution in [3.8, 4) is 0 Å². The summed E-state index contributed by atoms with van der Waals surface area (Å²) in [5.41, 5.74) is -0.913. The molecule has 0 radical (unpaired) electrons. The molecule has 6 rings (SSSR count). The number of Topliss-reactive ketones (excluding diaryl/α,β-unsaturated/α-hetero) is 1. The van der Waals surface area contributed by atoms with Gasteiger partial charge in [-0.3, -0.25) is 33.9 Å². The molecule has 0 bridgehead atoms. The number of hydroxylamine groups is 2. The summed E-state index contributed by atoms with van der Waals surface area (Å²) in [5, 5.41) is 27.8. The second-order valence-electron chi connectivity index (χ2n) is 16.4. The Morgan fingerprint density at radius 2 is 1.71 bits per heavy atom. The average molecular weight is 727 g/mol. The number of rotatable bonds is 12. The zero-order chi connectivity index (χ0) is 37.3. The average Bonchev–Trinajstić information content (AvgIpc) is 3.62. The Kier molecular flexibility index (Phi) is 11.4. The first-order chi connectivity index (χ1) is 24.8. The maximum absolute atomic E-state index is 14.9. The van der Waals surface area contributed by atoms with Crippen molar-refractivity contribution in [1.82, 2.24) is 36.1 Å². The molecule has 1 saturated heterocycles. The number of carbonyl (C=O) groups is 6. The summed E-state index contributed by atoms with van der Waals surface area (Å²) >= 11 is 0. The number of ketones is 1. The van der Waals surface area contributed by atoms with Crippen LogP contribution >= 0.6 is 0 Å². The Balaban J connectivity index is 1.26. The lowest BCUT2D eigenvalue weighted by Gasteiger charge is -2.42. The van der Waals surface area contributed by atoms with Crippen LogP contribution in [-0.2, 0) is 28.9 Å². The normalized spacial score (nSPS) is 26.8. The van der Waals surface area contributed by atoms with Gasteiger partial charge in [-0.1, -0.05) is 71.2 Å². The molecule has 7 atom stereocenters. The predicted octanol–water partition coefficient (Wildman–Crippen LogP) is 1.50. The van der Waals surface area contributed by atoms with Gasteiger partial charge in [-0.2, -0.15) is 10.3 Å². The van der Waals surface area contributed by atoms with Crippen molar-refractivity contribution in [2.75, 3.05) is 0 Å². The van der Waals surface area contributed by atoms with Crippen LogP contribution < -0.4 is 21.2 Å². The van der Waals surface area contributed by atoms with E-state index in [0.29, 0.717) is 32.1 Å². The molecule has 286 valence electrons. The molecule has 3 aliphatic carbocycles. The molecule has 5 amide bonds. The summed E-state index contributed by atoms with van der Waals surface area (Å²) in [7, 11) is 0. The highest BCUT2D eigenvalue weighted by atomic mass is 17.0. The van der Waals surface area contributed by atoms with Gasteiger partial charge in [-0.25, -0.2) is 0 Å². The highest BCUT2D eigenvalue weighted by molar-refractivity contribution is 6.38. The number of H-pyrrole nitrogens is 1. The molecular weight excluding hydrogens is 672 g/mol. The number of hydrogen-bond acceptors (Lipinski definition) is 9. The van der Waals surface area contributed by atoms with Crippen molar-refractivity contribution < 1.29 is 38.9 Å². The molecule has 5 N–H and O–H groups in total. The standard InChI is InChI=1S/C36H54N8O8/c1-5-11-23(29(45)33(48)38-22-16-17-22)39-31(46)25-18-21-14-9-10-15-24(21)42(25)35(50)30(36(2,3)4)40-32(47)28(20-12-7-6-8-13-20)43-34(49)27-26(19-37-41-27)44(51)52-43/h19-25,28,30,44H,5-18H2,1-4H3,(H,37,41)(H,38,48)(H,39,46)(H,40,47)/t21?,23-,24?,25-,28-,30+/m0/s1. The van der Waals surface area contributed by atoms with Crippen LogP contribution in [0.15, 0.2) is 6.20 Å². The highest BCUT2D eigenvalue weighted by Crippen LogP contribution is 2.41. The van der Waals surface area contributed by atoms with Gasteiger partial charge >= 0.3 is 5.91 Å². The Hall–Kier alpha value is -3.89. The third kappa shape index (κ3) is 7.88. The van der Waals surface area contributed by atoms with E-state index in [1.165, 1.54) is 6.20 Å². The van der Waals surface area contributed by atoms with E-state index in [4.69, 9.17) is 4.94 Å². The lowest BCUT2D eigenvalue weighted by Crippen LogP contribution is -3.04. The van der Waals surface area contributed by atoms with Crippen molar-refractivity contribution in [1.29, 1.82) is 0 Å². The molecule has 16 heteroatoms. The maximum atomic E-state index is 14.9. The van der Waals surface area contributed by atoms with Gasteiger partial charge in [0.2, 0.25) is 29.2 Å². The van der Waals surface area contributed by atoms with E-state index in [1.54, 1.807) is 4.90 Å². The minimum atomic E-state index is -1.20. The van der Waals surface area contributed by atoms with Crippen LogP contribution in [-0.4, -0.2) is 91.7 Å². The van der Waals surface area contributed by atoms with Crippen LogP contribution in [0.5, 0.6) is 0 Å². The van der Waals surface area contributed by atoms with Crippen molar-refractivity contribution in [3.63, 3.8) is 0 Å². The number of nitrogens with one attached hydrogen (secondary N) is 5. The molecule has 2 aliphatic heterocycles. The van der Waals surface area contributed by atoms with Gasteiger partial charge in [0.1, 0.15) is 24.3 Å². The minimum Gasteiger partial charge on any atom is -0.593 e. The number of fused-ring (bicyclic) bond motifs is 2. The fourth-order valence-corrected chi connectivity index (χ4v) is 8.54. The molecular formula is C36H54N8O8. The Bertz CT molecular complexity index is 1530. The number of hydrogen-bond donors (Lipinski definition) is 5. The lowest BCUT2D eigenvalue weighted by atomic mass is 9.81. The second-order valence-corrected chi connectivity index (χ2v) is 16.4. The van der Waals surface area contributed by atoms with Gasteiger partial charge in [-0.05, 0) is 68.6 Å². The van der Waals surface area contributed by atoms with Crippen LogP contribution in [0.2, 0.25) is 0 Å². The van der Waals surface area contributed by atoms with Gasteiger partial charge in [0, 0.05) is 12.1 Å². The van der Waals surface area contributed by atoms with Gasteiger partial charge in [0.15, 0.2) is 5.69 Å². The number of likely N-dealkylation sites (tertiary alicyclic amines) is 1. The largest absolute Gasteiger partial charge is 0.593 e. The Morgan fingerprint density at radius 1 is 1.02 bits per heavy atom. The third-order valence-electron chi connectivity index (χ3n) is 11.5. The van der Waals surface area contributed by atoms with E-state index < -0.39 is 70.1 Å². The molecule has 1 aromatic rings. The molecule has 5 aliphatic rings. The number of quaternary nitrogens is 1. The smallest absolute Gasteiger partial charge is 0.307 e. The number of aromatic nitrogens is 2.